The second-order valence-electron chi connectivity index (χ2n) is 4.83. The summed E-state index contributed by atoms with van der Waals surface area (Å²) in [5.41, 5.74) is 5.88. The number of rotatable bonds is 7. The van der Waals surface area contributed by atoms with Crippen LogP contribution in [0.3, 0.4) is 0 Å². The number of ether oxygens (including phenoxy) is 2. The van der Waals surface area contributed by atoms with Crippen LogP contribution in [0.15, 0.2) is 18.2 Å². The highest BCUT2D eigenvalue weighted by molar-refractivity contribution is 5.91. The minimum atomic E-state index is -4.46. The van der Waals surface area contributed by atoms with Gasteiger partial charge >= 0.3 is 6.18 Å². The third-order valence-corrected chi connectivity index (χ3v) is 2.67. The average Bonchev–Trinajstić information content (AvgIpc) is 2.42. The molecule has 0 saturated heterocycles. The number of carbonyl (C=O) groups is 1. The Balaban J connectivity index is 0.00000484. The molecule has 1 atom stereocenters. The number of anilines is 1. The second kappa shape index (κ2) is 9.46. The monoisotopic (exact) mass is 356 g/mol. The van der Waals surface area contributed by atoms with E-state index >= 15 is 0 Å². The van der Waals surface area contributed by atoms with E-state index in [4.69, 9.17) is 15.2 Å². The highest BCUT2D eigenvalue weighted by atomic mass is 35.5. The van der Waals surface area contributed by atoms with E-state index in [-0.39, 0.29) is 42.3 Å². The molecule has 1 rings (SSSR count). The van der Waals surface area contributed by atoms with Gasteiger partial charge in [-0.3, -0.25) is 4.79 Å². The largest absolute Gasteiger partial charge is 0.493 e. The Morgan fingerprint density at radius 1 is 1.35 bits per heavy atom. The first-order valence-corrected chi connectivity index (χ1v) is 6.64. The van der Waals surface area contributed by atoms with Crippen molar-refractivity contribution in [2.75, 3.05) is 19.0 Å². The number of methoxy groups -OCH3 is 1. The first-order chi connectivity index (χ1) is 10.2. The molecule has 5 nitrogen and oxygen atoms in total. The van der Waals surface area contributed by atoms with Crippen molar-refractivity contribution in [2.24, 2.45) is 5.73 Å². The van der Waals surface area contributed by atoms with Gasteiger partial charge in [0.2, 0.25) is 5.91 Å². The summed E-state index contributed by atoms with van der Waals surface area (Å²) in [7, 11) is 1.32. The van der Waals surface area contributed by atoms with Gasteiger partial charge in [-0.1, -0.05) is 0 Å². The molecule has 0 saturated carbocycles. The Morgan fingerprint density at radius 3 is 2.52 bits per heavy atom. The van der Waals surface area contributed by atoms with Crippen molar-refractivity contribution in [3.8, 4) is 11.5 Å². The summed E-state index contributed by atoms with van der Waals surface area (Å²) in [4.78, 5) is 11.7. The first-order valence-electron chi connectivity index (χ1n) is 6.64. The second-order valence-corrected chi connectivity index (χ2v) is 4.83. The molecule has 0 aliphatic rings. The van der Waals surface area contributed by atoms with E-state index in [0.717, 1.165) is 0 Å². The van der Waals surface area contributed by atoms with E-state index in [1.54, 1.807) is 6.92 Å². The van der Waals surface area contributed by atoms with Crippen molar-refractivity contribution in [2.45, 2.75) is 32.0 Å². The third kappa shape index (κ3) is 8.51. The van der Waals surface area contributed by atoms with Crippen LogP contribution in [0.1, 0.15) is 19.8 Å². The zero-order valence-electron chi connectivity index (χ0n) is 12.8. The maximum atomic E-state index is 12.2. The number of alkyl halides is 3. The Hall–Kier alpha value is -1.67. The molecule has 0 radical (unpaired) electrons. The molecule has 0 bridgehead atoms. The van der Waals surface area contributed by atoms with Crippen LogP contribution >= 0.6 is 12.4 Å². The molecule has 1 amide bonds. The summed E-state index contributed by atoms with van der Waals surface area (Å²) in [6.07, 6.45) is -3.72. The van der Waals surface area contributed by atoms with Crippen LogP contribution in [-0.2, 0) is 4.79 Å². The average molecular weight is 357 g/mol. The van der Waals surface area contributed by atoms with Gasteiger partial charge in [0.1, 0.15) is 0 Å². The van der Waals surface area contributed by atoms with Crippen LogP contribution < -0.4 is 20.5 Å². The summed E-state index contributed by atoms with van der Waals surface area (Å²) in [6, 6.07) is 4.12. The van der Waals surface area contributed by atoms with E-state index in [1.807, 2.05) is 0 Å². The lowest BCUT2D eigenvalue weighted by Gasteiger charge is -2.14. The summed E-state index contributed by atoms with van der Waals surface area (Å²) in [5.74, 6) is -0.216. The Kier molecular flexibility index (Phi) is 8.78. The van der Waals surface area contributed by atoms with Crippen molar-refractivity contribution < 1.29 is 27.4 Å². The van der Waals surface area contributed by atoms with Crippen molar-refractivity contribution in [1.82, 2.24) is 0 Å². The van der Waals surface area contributed by atoms with Crippen molar-refractivity contribution in [3.05, 3.63) is 18.2 Å². The van der Waals surface area contributed by atoms with E-state index in [9.17, 15) is 18.0 Å². The molecule has 0 heterocycles. The highest BCUT2D eigenvalue weighted by Gasteiger charge is 2.29. The van der Waals surface area contributed by atoms with Crippen LogP contribution in [0.5, 0.6) is 11.5 Å². The molecule has 1 aromatic rings. The fourth-order valence-corrected chi connectivity index (χ4v) is 1.61. The highest BCUT2D eigenvalue weighted by Crippen LogP contribution is 2.31. The van der Waals surface area contributed by atoms with E-state index < -0.39 is 12.8 Å². The van der Waals surface area contributed by atoms with Crippen molar-refractivity contribution >= 4 is 24.0 Å². The minimum absolute atomic E-state index is 0. The predicted octanol–water partition coefficient (Wildman–Crippen LogP) is 3.12. The molecule has 0 fully saturated rings. The van der Waals surface area contributed by atoms with Gasteiger partial charge in [-0.05, 0) is 25.5 Å². The molecule has 0 aromatic heterocycles. The molecule has 23 heavy (non-hydrogen) atoms. The van der Waals surface area contributed by atoms with E-state index in [1.165, 1.54) is 25.3 Å². The standard InChI is InChI=1S/C14H19F3N2O3.ClH/c1-9(18)3-6-13(20)19-10-4-5-11(21-2)12(7-10)22-8-14(15,16)17;/h4-5,7,9H,3,6,8,18H2,1-2H3,(H,19,20);1H. The van der Waals surface area contributed by atoms with Gasteiger partial charge in [-0.15, -0.1) is 12.4 Å². The van der Waals surface area contributed by atoms with Gasteiger partial charge in [0.25, 0.3) is 0 Å². The number of nitrogens with two attached hydrogens (primary N) is 1. The number of hydrogen-bond donors (Lipinski definition) is 2. The predicted molar refractivity (Wildman–Crippen MR) is 83.3 cm³/mol. The number of hydrogen-bond acceptors (Lipinski definition) is 4. The van der Waals surface area contributed by atoms with E-state index in [0.29, 0.717) is 12.1 Å². The molecular weight excluding hydrogens is 337 g/mol. The fraction of sp³-hybridized carbons (Fsp3) is 0.500. The van der Waals surface area contributed by atoms with Crippen LogP contribution in [0.25, 0.3) is 0 Å². The molecule has 0 spiro atoms. The van der Waals surface area contributed by atoms with Crippen LogP contribution in [0, 0.1) is 0 Å². The lowest BCUT2D eigenvalue weighted by atomic mass is 10.2. The normalized spacial score (nSPS) is 12.1. The lowest BCUT2D eigenvalue weighted by Crippen LogP contribution is -2.20. The smallest absolute Gasteiger partial charge is 0.422 e. The zero-order chi connectivity index (χ0) is 16.8. The van der Waals surface area contributed by atoms with Gasteiger partial charge in [0.15, 0.2) is 18.1 Å². The van der Waals surface area contributed by atoms with Gasteiger partial charge in [0, 0.05) is 24.2 Å². The SMILES string of the molecule is COc1ccc(NC(=O)CCC(C)N)cc1OCC(F)(F)F.Cl. The maximum absolute atomic E-state index is 12.2. The fourth-order valence-electron chi connectivity index (χ4n) is 1.61. The molecule has 1 unspecified atom stereocenters. The number of amides is 1. The van der Waals surface area contributed by atoms with Crippen LogP contribution in [0.4, 0.5) is 18.9 Å². The molecule has 132 valence electrons. The summed E-state index contributed by atoms with van der Waals surface area (Å²) >= 11 is 0. The van der Waals surface area contributed by atoms with Gasteiger partial charge < -0.3 is 20.5 Å². The van der Waals surface area contributed by atoms with Crippen LogP contribution in [0.2, 0.25) is 0 Å². The third-order valence-electron chi connectivity index (χ3n) is 2.67. The number of nitrogens with one attached hydrogen (secondary N) is 1. The topological polar surface area (TPSA) is 73.6 Å². The molecule has 1 aromatic carbocycles. The lowest BCUT2D eigenvalue weighted by molar-refractivity contribution is -0.153. The van der Waals surface area contributed by atoms with Crippen molar-refractivity contribution in [3.63, 3.8) is 0 Å². The zero-order valence-corrected chi connectivity index (χ0v) is 13.6. The molecular formula is C14H20ClF3N2O3. The Labute approximate surface area is 138 Å². The molecule has 9 heteroatoms. The van der Waals surface area contributed by atoms with Gasteiger partial charge in [-0.25, -0.2) is 0 Å². The molecule has 3 N–H and O–H groups in total. The maximum Gasteiger partial charge on any atom is 0.422 e. The van der Waals surface area contributed by atoms with Gasteiger partial charge in [0.05, 0.1) is 7.11 Å². The van der Waals surface area contributed by atoms with E-state index in [2.05, 4.69) is 5.32 Å². The Bertz CT molecular complexity index is 511. The number of halogens is 4. The summed E-state index contributed by atoms with van der Waals surface area (Å²) in [6.45, 7) is 0.342. The summed E-state index contributed by atoms with van der Waals surface area (Å²) < 4.78 is 46.3. The summed E-state index contributed by atoms with van der Waals surface area (Å²) in [5, 5.41) is 2.57. The minimum Gasteiger partial charge on any atom is -0.493 e. The molecule has 0 aliphatic carbocycles. The van der Waals surface area contributed by atoms with Crippen LogP contribution in [-0.4, -0.2) is 31.8 Å². The number of benzene rings is 1. The Morgan fingerprint density at radius 2 is 2.00 bits per heavy atom. The quantitative estimate of drug-likeness (QED) is 0.787. The number of carbonyl (C=O) groups excluding carboxylic acids is 1. The van der Waals surface area contributed by atoms with Crippen molar-refractivity contribution in [1.29, 1.82) is 0 Å². The molecule has 0 aliphatic heterocycles. The first kappa shape index (κ1) is 21.3. The van der Waals surface area contributed by atoms with Gasteiger partial charge in [-0.2, -0.15) is 13.2 Å².